The van der Waals surface area contributed by atoms with E-state index < -0.39 is 0 Å². The number of furan rings is 1. The summed E-state index contributed by atoms with van der Waals surface area (Å²) in [7, 11) is 0. The minimum absolute atomic E-state index is 0.0174. The Labute approximate surface area is 577 Å². The Hall–Kier alpha value is -10.3. The molecule has 0 N–H and O–H groups in total. The van der Waals surface area contributed by atoms with Gasteiger partial charge in [-0.1, -0.05) is 256 Å². The molecule has 3 aromatic heterocycles. The third kappa shape index (κ3) is 9.71. The van der Waals surface area contributed by atoms with Crippen molar-refractivity contribution in [1.82, 2.24) is 9.13 Å². The summed E-state index contributed by atoms with van der Waals surface area (Å²) >= 11 is 0. The zero-order chi connectivity index (χ0) is 67.9. The molecule has 482 valence electrons. The van der Waals surface area contributed by atoms with E-state index in [-0.39, 0.29) is 33.8 Å². The summed E-state index contributed by atoms with van der Waals surface area (Å²) in [5.41, 5.74) is 29.8. The molecule has 5 nitrogen and oxygen atoms in total. The van der Waals surface area contributed by atoms with Crippen molar-refractivity contribution < 1.29 is 4.42 Å². The number of aromatic nitrogens is 2. The molecule has 0 aliphatic carbocycles. The lowest BCUT2D eigenvalue weighted by atomic mass is 9.33. The summed E-state index contributed by atoms with van der Waals surface area (Å²) in [4.78, 5) is 5.26. The first-order valence-electron chi connectivity index (χ1n) is 35.2. The SMILES string of the molecule is CC(C)(C)c1ccc(-c2cc(C(C)(C)C)ccc2N2c3cc(-n4c5ccccc5c5cc6c7ccccc7n(-c7ccccc7)c6cc54)ccc3B3c4ccc(-c5cc(C(C)(C)C)cc(C(C)(C)C)c5)cc4N(c4cccc5c4oc4ccccc45)c4cc(C(C)(C)C)cc2c43)cc1. The molecule has 0 fully saturated rings. The second-order valence-corrected chi connectivity index (χ2v) is 33.1. The molecule has 17 rings (SSSR count). The maximum absolute atomic E-state index is 7.18. The third-order valence-corrected chi connectivity index (χ3v) is 21.4. The first kappa shape index (κ1) is 61.3. The van der Waals surface area contributed by atoms with Gasteiger partial charge in [-0.2, -0.15) is 0 Å². The highest BCUT2D eigenvalue weighted by molar-refractivity contribution is 7.00. The average Bonchev–Trinajstić information content (AvgIpc) is 0.750. The van der Waals surface area contributed by atoms with Gasteiger partial charge in [0.2, 0.25) is 0 Å². The zero-order valence-corrected chi connectivity index (χ0v) is 59.4. The van der Waals surface area contributed by atoms with Crippen molar-refractivity contribution in [2.75, 3.05) is 9.80 Å². The molecule has 0 amide bonds. The van der Waals surface area contributed by atoms with E-state index in [1.165, 1.54) is 105 Å². The van der Waals surface area contributed by atoms with Crippen molar-refractivity contribution in [3.8, 4) is 33.6 Å². The second-order valence-electron chi connectivity index (χ2n) is 33.1. The van der Waals surface area contributed by atoms with Crippen LogP contribution in [0.4, 0.5) is 34.1 Å². The Kier molecular flexibility index (Phi) is 13.5. The van der Waals surface area contributed by atoms with Gasteiger partial charge in [-0.05, 0) is 179 Å². The maximum atomic E-state index is 7.18. The van der Waals surface area contributed by atoms with Crippen LogP contribution in [0.15, 0.2) is 247 Å². The molecular weight excluding hydrogens is 1190 g/mol. The van der Waals surface area contributed by atoms with Crippen LogP contribution in [0.2, 0.25) is 0 Å². The van der Waals surface area contributed by atoms with Crippen LogP contribution in [0.25, 0.3) is 99.2 Å². The van der Waals surface area contributed by atoms with E-state index in [9.17, 15) is 0 Å². The van der Waals surface area contributed by atoms with Gasteiger partial charge in [-0.25, -0.2) is 0 Å². The van der Waals surface area contributed by atoms with Crippen LogP contribution in [0.1, 0.15) is 132 Å². The Morgan fingerprint density at radius 1 is 0.276 bits per heavy atom. The predicted octanol–water partition coefficient (Wildman–Crippen LogP) is 23.7. The van der Waals surface area contributed by atoms with Crippen molar-refractivity contribution in [2.45, 2.75) is 131 Å². The molecule has 0 atom stereocenters. The number of rotatable bonds is 6. The Morgan fingerprint density at radius 3 is 1.39 bits per heavy atom. The van der Waals surface area contributed by atoms with Gasteiger partial charge in [0.15, 0.2) is 5.58 Å². The molecule has 2 aliphatic rings. The van der Waals surface area contributed by atoms with Gasteiger partial charge in [0.1, 0.15) is 5.58 Å². The van der Waals surface area contributed by atoms with Crippen LogP contribution in [-0.2, 0) is 27.1 Å². The van der Waals surface area contributed by atoms with Gasteiger partial charge in [-0.3, -0.25) is 0 Å². The predicted molar refractivity (Wildman–Crippen MR) is 421 cm³/mol. The lowest BCUT2D eigenvalue weighted by Gasteiger charge is -2.45. The van der Waals surface area contributed by atoms with Gasteiger partial charge >= 0.3 is 0 Å². The van der Waals surface area contributed by atoms with Gasteiger partial charge < -0.3 is 23.4 Å². The van der Waals surface area contributed by atoms with E-state index in [1.807, 2.05) is 0 Å². The molecule has 0 bridgehead atoms. The van der Waals surface area contributed by atoms with Crippen molar-refractivity contribution in [2.24, 2.45) is 0 Å². The quantitative estimate of drug-likeness (QED) is 0.155. The molecule has 0 unspecified atom stereocenters. The fourth-order valence-corrected chi connectivity index (χ4v) is 16.0. The summed E-state index contributed by atoms with van der Waals surface area (Å²) in [5, 5.41) is 7.13. The van der Waals surface area contributed by atoms with Crippen LogP contribution >= 0.6 is 0 Å². The average molecular weight is 1270 g/mol. The highest BCUT2D eigenvalue weighted by Crippen LogP contribution is 2.52. The number of hydrogen-bond acceptors (Lipinski definition) is 3. The second kappa shape index (κ2) is 21.6. The minimum atomic E-state index is -0.275. The Morgan fingerprint density at radius 2 is 0.776 bits per heavy atom. The molecule has 0 saturated carbocycles. The van der Waals surface area contributed by atoms with Crippen molar-refractivity contribution in [3.05, 3.63) is 270 Å². The topological polar surface area (TPSA) is 29.5 Å². The normalized spacial score (nSPS) is 13.6. The Balaban J connectivity index is 1.00. The number of fused-ring (bicyclic) bond motifs is 13. The van der Waals surface area contributed by atoms with Crippen LogP contribution in [0.3, 0.4) is 0 Å². The molecule has 98 heavy (non-hydrogen) atoms. The number of nitrogens with zero attached hydrogens (tertiary/aromatic N) is 4. The fraction of sp³-hybridized carbons (Fsp3) is 0.217. The summed E-state index contributed by atoms with van der Waals surface area (Å²) in [6.07, 6.45) is 0. The molecule has 6 heteroatoms. The van der Waals surface area contributed by atoms with Crippen molar-refractivity contribution in [1.29, 1.82) is 0 Å². The zero-order valence-electron chi connectivity index (χ0n) is 59.4. The first-order valence-corrected chi connectivity index (χ1v) is 35.2. The van der Waals surface area contributed by atoms with E-state index in [4.69, 9.17) is 4.42 Å². The lowest BCUT2D eigenvalue weighted by Crippen LogP contribution is -2.61. The largest absolute Gasteiger partial charge is 0.454 e. The number of para-hydroxylation sites is 5. The van der Waals surface area contributed by atoms with Crippen LogP contribution in [0.5, 0.6) is 0 Å². The third-order valence-electron chi connectivity index (χ3n) is 21.4. The molecular formula is C92H85BN4O. The summed E-state index contributed by atoms with van der Waals surface area (Å²) in [6, 6.07) is 93.0. The van der Waals surface area contributed by atoms with E-state index in [2.05, 4.69) is 365 Å². The fourth-order valence-electron chi connectivity index (χ4n) is 16.0. The molecule has 2 aliphatic heterocycles. The summed E-state index contributed by atoms with van der Waals surface area (Å²) in [6.45, 7) is 35.0. The molecule has 15 aromatic rings. The van der Waals surface area contributed by atoms with Crippen molar-refractivity contribution in [3.63, 3.8) is 0 Å². The Bertz CT molecular complexity index is 5750. The number of benzene rings is 12. The smallest absolute Gasteiger partial charge is 0.252 e. The monoisotopic (exact) mass is 1270 g/mol. The molecule has 0 saturated heterocycles. The lowest BCUT2D eigenvalue weighted by molar-refractivity contribution is 0.569. The molecule has 5 heterocycles. The van der Waals surface area contributed by atoms with Gasteiger partial charge in [0.05, 0.1) is 33.4 Å². The molecule has 0 spiro atoms. The van der Waals surface area contributed by atoms with E-state index in [0.717, 1.165) is 72.8 Å². The highest BCUT2D eigenvalue weighted by Gasteiger charge is 2.46. The van der Waals surface area contributed by atoms with Gasteiger partial charge in [0.25, 0.3) is 6.71 Å². The molecule has 0 radical (unpaired) electrons. The minimum Gasteiger partial charge on any atom is -0.454 e. The summed E-state index contributed by atoms with van der Waals surface area (Å²) in [5.74, 6) is 0. The standard InChI is InChI=1S/C92H85BN4O/c1-88(2,3)59-39-36-56(37-40-59)70-50-60(89(4,5)6)41-45-77(70)96-82-53-65(95-76-33-23-20-29-67(76)72-54-71-66-28-19-22-32-75(66)94(79(71)55-80(72)95)64-26-17-16-18-27-64)42-44-74(82)93-73-43-38-57(58-46-61(90(7,8)9)49-62(47-58)91(10,11)12)48-81(73)97(84-52-63(92(13,14)15)51-83(96)86(84)93)78-34-25-31-69-68-30-21-24-35-85(68)98-87(69)78/h16-55H,1-15H3. The number of anilines is 6. The number of hydrogen-bond donors (Lipinski definition) is 0. The first-order chi connectivity index (χ1) is 46.8. The van der Waals surface area contributed by atoms with Crippen molar-refractivity contribution >= 4 is 123 Å². The van der Waals surface area contributed by atoms with E-state index in [1.54, 1.807) is 0 Å². The van der Waals surface area contributed by atoms with Crippen LogP contribution in [-0.4, -0.2) is 15.8 Å². The van der Waals surface area contributed by atoms with Gasteiger partial charge in [-0.15, -0.1) is 0 Å². The highest BCUT2D eigenvalue weighted by atomic mass is 16.3. The summed E-state index contributed by atoms with van der Waals surface area (Å²) < 4.78 is 12.2. The van der Waals surface area contributed by atoms with Crippen LogP contribution in [0, 0.1) is 0 Å². The van der Waals surface area contributed by atoms with E-state index in [0.29, 0.717) is 0 Å². The van der Waals surface area contributed by atoms with E-state index >= 15 is 0 Å². The van der Waals surface area contributed by atoms with Crippen LogP contribution < -0.4 is 26.2 Å². The molecule has 12 aromatic carbocycles. The maximum Gasteiger partial charge on any atom is 0.252 e. The van der Waals surface area contributed by atoms with Gasteiger partial charge in [0, 0.05) is 72.0 Å².